The fourth-order valence-corrected chi connectivity index (χ4v) is 2.17. The maximum Gasteiger partial charge on any atom is 0.0587 e. The Hall–Kier alpha value is -0.130. The van der Waals surface area contributed by atoms with Crippen LogP contribution in [0.5, 0.6) is 0 Å². The molecule has 0 spiro atoms. The van der Waals surface area contributed by atoms with Crippen molar-refractivity contribution in [3.63, 3.8) is 0 Å². The highest BCUT2D eigenvalue weighted by Gasteiger charge is 2.04. The number of benzene rings is 1. The highest BCUT2D eigenvalue weighted by Crippen LogP contribution is 2.22. The van der Waals surface area contributed by atoms with Gasteiger partial charge in [-0.05, 0) is 30.8 Å². The maximum atomic E-state index is 6.00. The molecule has 0 saturated carbocycles. The van der Waals surface area contributed by atoms with E-state index in [1.54, 1.807) is 7.11 Å². The minimum Gasteiger partial charge on any atom is -0.383 e. The summed E-state index contributed by atoms with van der Waals surface area (Å²) in [6, 6.07) is 5.88. The summed E-state index contributed by atoms with van der Waals surface area (Å²) in [6.45, 7) is 4.47. The molecule has 0 aromatic heterocycles. The van der Waals surface area contributed by atoms with Crippen molar-refractivity contribution in [2.45, 2.75) is 6.54 Å². The summed E-state index contributed by atoms with van der Waals surface area (Å²) >= 11 is 9.54. The van der Waals surface area contributed by atoms with Crippen molar-refractivity contribution in [2.75, 3.05) is 40.4 Å². The van der Waals surface area contributed by atoms with Crippen LogP contribution in [0.2, 0.25) is 5.02 Å². The van der Waals surface area contributed by atoms with Crippen molar-refractivity contribution in [3.05, 3.63) is 33.3 Å². The largest absolute Gasteiger partial charge is 0.383 e. The van der Waals surface area contributed by atoms with E-state index in [0.717, 1.165) is 42.3 Å². The van der Waals surface area contributed by atoms with Gasteiger partial charge in [0.15, 0.2) is 0 Å². The van der Waals surface area contributed by atoms with Crippen LogP contribution in [0.4, 0.5) is 0 Å². The third kappa shape index (κ3) is 6.16. The van der Waals surface area contributed by atoms with Gasteiger partial charge < -0.3 is 15.0 Å². The zero-order valence-electron chi connectivity index (χ0n) is 10.9. The van der Waals surface area contributed by atoms with Crippen LogP contribution in [0.25, 0.3) is 0 Å². The Morgan fingerprint density at radius 1 is 1.39 bits per heavy atom. The molecule has 102 valence electrons. The number of nitrogens with zero attached hydrogens (tertiary/aromatic N) is 1. The molecule has 0 amide bonds. The molecule has 3 nitrogen and oxygen atoms in total. The third-order valence-electron chi connectivity index (χ3n) is 2.60. The van der Waals surface area contributed by atoms with Gasteiger partial charge in [0.05, 0.1) is 6.61 Å². The van der Waals surface area contributed by atoms with Crippen LogP contribution >= 0.6 is 27.5 Å². The number of halogens is 2. The number of methoxy groups -OCH3 is 1. The summed E-state index contributed by atoms with van der Waals surface area (Å²) in [6.07, 6.45) is 0. The van der Waals surface area contributed by atoms with E-state index in [2.05, 4.69) is 33.2 Å². The first kappa shape index (κ1) is 15.9. The van der Waals surface area contributed by atoms with E-state index in [1.807, 2.05) is 18.2 Å². The van der Waals surface area contributed by atoms with Crippen LogP contribution in [0.1, 0.15) is 5.56 Å². The molecule has 0 aliphatic rings. The lowest BCUT2D eigenvalue weighted by Gasteiger charge is -2.18. The Morgan fingerprint density at radius 2 is 2.17 bits per heavy atom. The Labute approximate surface area is 123 Å². The average molecular weight is 336 g/mol. The van der Waals surface area contributed by atoms with Gasteiger partial charge in [0.2, 0.25) is 0 Å². The second-order valence-electron chi connectivity index (χ2n) is 4.22. The normalized spacial score (nSPS) is 11.2. The van der Waals surface area contributed by atoms with Crippen LogP contribution in [0.3, 0.4) is 0 Å². The first-order valence-electron chi connectivity index (χ1n) is 5.95. The Kier molecular flexibility index (Phi) is 7.86. The lowest BCUT2D eigenvalue weighted by molar-refractivity contribution is 0.197. The topological polar surface area (TPSA) is 24.5 Å². The number of rotatable bonds is 8. The van der Waals surface area contributed by atoms with E-state index in [4.69, 9.17) is 16.3 Å². The highest BCUT2D eigenvalue weighted by molar-refractivity contribution is 9.10. The summed E-state index contributed by atoms with van der Waals surface area (Å²) in [5.41, 5.74) is 1.21. The van der Waals surface area contributed by atoms with Crippen LogP contribution in [0, 0.1) is 0 Å². The molecule has 18 heavy (non-hydrogen) atoms. The molecule has 0 aliphatic carbocycles. The number of likely N-dealkylation sites (N-methyl/N-ethyl adjacent to an activating group) is 1. The number of nitrogens with one attached hydrogen (secondary N) is 1. The van der Waals surface area contributed by atoms with Gasteiger partial charge in [-0.2, -0.15) is 0 Å². The number of hydrogen-bond acceptors (Lipinski definition) is 3. The van der Waals surface area contributed by atoms with Crippen molar-refractivity contribution in [2.24, 2.45) is 0 Å². The van der Waals surface area contributed by atoms with E-state index in [9.17, 15) is 0 Å². The smallest absolute Gasteiger partial charge is 0.0587 e. The maximum absolute atomic E-state index is 6.00. The average Bonchev–Trinajstić information content (AvgIpc) is 2.33. The van der Waals surface area contributed by atoms with E-state index >= 15 is 0 Å². The van der Waals surface area contributed by atoms with Gasteiger partial charge in [-0.15, -0.1) is 0 Å². The Bertz CT molecular complexity index is 363. The summed E-state index contributed by atoms with van der Waals surface area (Å²) in [5, 5.41) is 4.10. The minimum absolute atomic E-state index is 0.754. The van der Waals surface area contributed by atoms with E-state index in [0.29, 0.717) is 0 Å². The van der Waals surface area contributed by atoms with E-state index in [1.165, 1.54) is 5.56 Å². The third-order valence-corrected chi connectivity index (χ3v) is 3.61. The molecule has 1 aromatic rings. The molecule has 0 bridgehead atoms. The fourth-order valence-electron chi connectivity index (χ4n) is 1.60. The molecule has 5 heteroatoms. The second-order valence-corrected chi connectivity index (χ2v) is 5.51. The van der Waals surface area contributed by atoms with Crippen molar-refractivity contribution in [3.8, 4) is 0 Å². The van der Waals surface area contributed by atoms with Gasteiger partial charge in [-0.1, -0.05) is 27.5 Å². The lowest BCUT2D eigenvalue weighted by atomic mass is 10.2. The van der Waals surface area contributed by atoms with Gasteiger partial charge >= 0.3 is 0 Å². The predicted octanol–water partition coefficient (Wildman–Crippen LogP) is 2.77. The van der Waals surface area contributed by atoms with Crippen LogP contribution in [-0.4, -0.2) is 45.3 Å². The summed E-state index contributed by atoms with van der Waals surface area (Å²) in [4.78, 5) is 2.26. The molecular formula is C13H20BrClN2O. The van der Waals surface area contributed by atoms with Crippen molar-refractivity contribution >= 4 is 27.5 Å². The highest BCUT2D eigenvalue weighted by atomic mass is 79.9. The monoisotopic (exact) mass is 334 g/mol. The molecule has 0 aliphatic heterocycles. The molecule has 0 unspecified atom stereocenters. The minimum atomic E-state index is 0.754. The molecule has 1 rings (SSSR count). The summed E-state index contributed by atoms with van der Waals surface area (Å²) in [7, 11) is 3.82. The molecular weight excluding hydrogens is 316 g/mol. The SMILES string of the molecule is COCCNCCN(C)Cc1cc(Cl)ccc1Br. The van der Waals surface area contributed by atoms with Crippen LogP contribution in [0.15, 0.2) is 22.7 Å². The molecule has 0 radical (unpaired) electrons. The van der Waals surface area contributed by atoms with Crippen LogP contribution in [-0.2, 0) is 11.3 Å². The van der Waals surface area contributed by atoms with E-state index in [-0.39, 0.29) is 0 Å². The van der Waals surface area contributed by atoms with Crippen molar-refractivity contribution in [1.82, 2.24) is 10.2 Å². The molecule has 0 saturated heterocycles. The van der Waals surface area contributed by atoms with Crippen LogP contribution < -0.4 is 5.32 Å². The van der Waals surface area contributed by atoms with Gasteiger partial charge in [-0.25, -0.2) is 0 Å². The van der Waals surface area contributed by atoms with Gasteiger partial charge in [0, 0.05) is 42.8 Å². The molecule has 0 heterocycles. The van der Waals surface area contributed by atoms with Crippen molar-refractivity contribution < 1.29 is 4.74 Å². The molecule has 0 fully saturated rings. The quantitative estimate of drug-likeness (QED) is 0.739. The summed E-state index contributed by atoms with van der Waals surface area (Å²) in [5.74, 6) is 0. The predicted molar refractivity (Wildman–Crippen MR) is 80.2 cm³/mol. The first-order valence-corrected chi connectivity index (χ1v) is 7.12. The molecule has 1 N–H and O–H groups in total. The van der Waals surface area contributed by atoms with Gasteiger partial charge in [0.1, 0.15) is 0 Å². The van der Waals surface area contributed by atoms with Gasteiger partial charge in [0.25, 0.3) is 0 Å². The van der Waals surface area contributed by atoms with Gasteiger partial charge in [-0.3, -0.25) is 0 Å². The Morgan fingerprint density at radius 3 is 2.89 bits per heavy atom. The zero-order chi connectivity index (χ0) is 13.4. The van der Waals surface area contributed by atoms with Crippen molar-refractivity contribution in [1.29, 1.82) is 0 Å². The summed E-state index contributed by atoms with van der Waals surface area (Å²) < 4.78 is 6.08. The first-order chi connectivity index (χ1) is 8.63. The second kappa shape index (κ2) is 8.88. The lowest BCUT2D eigenvalue weighted by Crippen LogP contribution is -2.30. The number of ether oxygens (including phenoxy) is 1. The molecule has 1 aromatic carbocycles. The van der Waals surface area contributed by atoms with E-state index < -0.39 is 0 Å². The Balaban J connectivity index is 2.30. The zero-order valence-corrected chi connectivity index (χ0v) is 13.2. The fraction of sp³-hybridized carbons (Fsp3) is 0.538. The molecule has 0 atom stereocenters. The standard InChI is InChI=1S/C13H20BrClN2O/c1-17(7-5-16-6-8-18-2)10-11-9-12(15)3-4-13(11)14/h3-4,9,16H,5-8,10H2,1-2H3. The number of hydrogen-bond donors (Lipinski definition) is 1.